The second-order valence-electron chi connectivity index (χ2n) is 6.96. The van der Waals surface area contributed by atoms with Crippen molar-refractivity contribution in [3.8, 4) is 16.9 Å². The third kappa shape index (κ3) is 3.04. The van der Waals surface area contributed by atoms with Crippen molar-refractivity contribution < 1.29 is 14.3 Å². The van der Waals surface area contributed by atoms with Gasteiger partial charge in [-0.15, -0.1) is 0 Å². The molecule has 8 heteroatoms. The van der Waals surface area contributed by atoms with E-state index in [1.165, 1.54) is 12.1 Å². The van der Waals surface area contributed by atoms with E-state index in [-0.39, 0.29) is 17.5 Å². The zero-order valence-electron chi connectivity index (χ0n) is 15.8. The molecule has 5 aromatic rings. The number of phenolic OH excluding ortho intramolecular Hbond substituents is 1. The molecular weight excluding hydrogens is 385 g/mol. The summed E-state index contributed by atoms with van der Waals surface area (Å²) in [5, 5.41) is 12.1. The normalized spacial score (nSPS) is 11.3. The zero-order chi connectivity index (χ0) is 20.8. The lowest BCUT2D eigenvalue weighted by atomic mass is 10.0. The van der Waals surface area contributed by atoms with Crippen LogP contribution in [-0.4, -0.2) is 30.4 Å². The van der Waals surface area contributed by atoms with Gasteiger partial charge in [-0.25, -0.2) is 14.4 Å². The fourth-order valence-corrected chi connectivity index (χ4v) is 3.36. The lowest BCUT2D eigenvalue weighted by Gasteiger charge is -2.02. The Kier molecular flexibility index (Phi) is 3.99. The maximum Gasteiger partial charge on any atom is 0.278 e. The summed E-state index contributed by atoms with van der Waals surface area (Å²) in [7, 11) is 0. The van der Waals surface area contributed by atoms with E-state index in [0.717, 1.165) is 16.8 Å². The van der Waals surface area contributed by atoms with E-state index >= 15 is 0 Å². The van der Waals surface area contributed by atoms with Crippen LogP contribution in [-0.2, 0) is 0 Å². The number of aromatic amines is 1. The molecule has 0 fully saturated rings. The highest BCUT2D eigenvalue weighted by molar-refractivity contribution is 6.03. The summed E-state index contributed by atoms with van der Waals surface area (Å²) in [5.74, 6) is -1.17. The monoisotopic (exact) mass is 401 g/mol. The van der Waals surface area contributed by atoms with Crippen LogP contribution in [0, 0.1) is 12.7 Å². The van der Waals surface area contributed by atoms with Gasteiger partial charge in [0.2, 0.25) is 5.95 Å². The maximum atomic E-state index is 13.7. The Labute approximate surface area is 169 Å². The van der Waals surface area contributed by atoms with E-state index in [4.69, 9.17) is 0 Å². The van der Waals surface area contributed by atoms with Crippen molar-refractivity contribution >= 4 is 28.5 Å². The Morgan fingerprint density at radius 1 is 1.10 bits per heavy atom. The Bertz CT molecular complexity index is 1440. The number of pyridine rings is 1. The number of aryl methyl sites for hydroxylation is 1. The summed E-state index contributed by atoms with van der Waals surface area (Å²) in [5.41, 5.74) is 4.63. The van der Waals surface area contributed by atoms with Gasteiger partial charge in [0.05, 0.1) is 11.0 Å². The van der Waals surface area contributed by atoms with Gasteiger partial charge in [-0.1, -0.05) is 18.2 Å². The first-order valence-electron chi connectivity index (χ1n) is 9.23. The van der Waals surface area contributed by atoms with E-state index < -0.39 is 11.6 Å². The maximum absolute atomic E-state index is 13.7. The average Bonchev–Trinajstić information content (AvgIpc) is 3.34. The lowest BCUT2D eigenvalue weighted by Crippen LogP contribution is -2.13. The quantitative estimate of drug-likeness (QED) is 0.420. The Morgan fingerprint density at radius 3 is 2.70 bits per heavy atom. The number of carbonyl (C=O) groups is 1. The van der Waals surface area contributed by atoms with Crippen molar-refractivity contribution in [3.05, 3.63) is 78.0 Å². The molecule has 7 nitrogen and oxygen atoms in total. The summed E-state index contributed by atoms with van der Waals surface area (Å²) in [6, 6.07) is 15.2. The van der Waals surface area contributed by atoms with Crippen LogP contribution < -0.4 is 5.32 Å². The molecule has 30 heavy (non-hydrogen) atoms. The van der Waals surface area contributed by atoms with Crippen LogP contribution in [0.25, 0.3) is 27.8 Å². The highest BCUT2D eigenvalue weighted by Crippen LogP contribution is 2.27. The van der Waals surface area contributed by atoms with Crippen molar-refractivity contribution in [1.29, 1.82) is 0 Å². The SMILES string of the molecule is Cc1cccc2nc(C(=O)Nc3nc4cc(-c5ccc(O)c(F)c5)ccc4[nH]3)cn12. The number of amides is 1. The Balaban J connectivity index is 1.43. The van der Waals surface area contributed by atoms with Crippen molar-refractivity contribution in [2.24, 2.45) is 0 Å². The number of benzene rings is 2. The molecular formula is C22H16FN5O2. The smallest absolute Gasteiger partial charge is 0.278 e. The van der Waals surface area contributed by atoms with Crippen LogP contribution in [0.3, 0.4) is 0 Å². The van der Waals surface area contributed by atoms with Gasteiger partial charge in [0.25, 0.3) is 5.91 Å². The number of hydrogen-bond donors (Lipinski definition) is 3. The van der Waals surface area contributed by atoms with E-state index in [1.807, 2.05) is 35.6 Å². The highest BCUT2D eigenvalue weighted by atomic mass is 19.1. The molecule has 1 amide bonds. The average molecular weight is 401 g/mol. The fraction of sp³-hybridized carbons (Fsp3) is 0.0455. The molecule has 3 aromatic heterocycles. The minimum absolute atomic E-state index is 0.282. The second-order valence-corrected chi connectivity index (χ2v) is 6.96. The number of anilines is 1. The number of halogens is 1. The zero-order valence-corrected chi connectivity index (χ0v) is 15.8. The molecule has 0 bridgehead atoms. The van der Waals surface area contributed by atoms with Gasteiger partial charge in [0.1, 0.15) is 11.3 Å². The van der Waals surface area contributed by atoms with Gasteiger partial charge < -0.3 is 14.5 Å². The molecule has 0 aliphatic carbocycles. The first kappa shape index (κ1) is 17.9. The van der Waals surface area contributed by atoms with E-state index in [1.54, 1.807) is 24.4 Å². The molecule has 0 saturated heterocycles. The molecule has 3 N–H and O–H groups in total. The van der Waals surface area contributed by atoms with Crippen LogP contribution in [0.1, 0.15) is 16.2 Å². The number of aromatic hydroxyl groups is 1. The molecule has 5 rings (SSSR count). The number of H-pyrrole nitrogens is 1. The van der Waals surface area contributed by atoms with Gasteiger partial charge >= 0.3 is 0 Å². The topological polar surface area (TPSA) is 95.3 Å². The minimum Gasteiger partial charge on any atom is -0.505 e. The molecule has 0 radical (unpaired) electrons. The summed E-state index contributed by atoms with van der Waals surface area (Å²) < 4.78 is 15.5. The first-order valence-corrected chi connectivity index (χ1v) is 9.23. The molecule has 0 unspecified atom stereocenters. The summed E-state index contributed by atoms with van der Waals surface area (Å²) >= 11 is 0. The van der Waals surface area contributed by atoms with Crippen LogP contribution >= 0.6 is 0 Å². The third-order valence-corrected chi connectivity index (χ3v) is 4.92. The molecule has 0 saturated carbocycles. The van der Waals surface area contributed by atoms with Gasteiger partial charge in [-0.3, -0.25) is 10.1 Å². The molecule has 0 spiro atoms. The first-order chi connectivity index (χ1) is 14.5. The van der Waals surface area contributed by atoms with Gasteiger partial charge in [-0.05, 0) is 54.4 Å². The number of rotatable bonds is 3. The number of hydrogen-bond acceptors (Lipinski definition) is 4. The van der Waals surface area contributed by atoms with Crippen LogP contribution in [0.15, 0.2) is 60.8 Å². The van der Waals surface area contributed by atoms with Gasteiger partial charge in [-0.2, -0.15) is 0 Å². The molecule has 2 aromatic carbocycles. The van der Waals surface area contributed by atoms with Crippen LogP contribution in [0.5, 0.6) is 5.75 Å². The van der Waals surface area contributed by atoms with E-state index in [9.17, 15) is 14.3 Å². The van der Waals surface area contributed by atoms with E-state index in [2.05, 4.69) is 20.3 Å². The number of imidazole rings is 2. The standard InChI is InChI=1S/C22H16FN5O2/c1-12-3-2-4-20-24-18(11-28(12)20)21(30)27-22-25-16-7-5-14(10-17(16)26-22)13-6-8-19(29)15(23)9-13/h2-11,29H,1H3,(H2,25,26,27,30). The number of nitrogens with one attached hydrogen (secondary N) is 2. The largest absolute Gasteiger partial charge is 0.505 e. The van der Waals surface area contributed by atoms with Crippen molar-refractivity contribution in [3.63, 3.8) is 0 Å². The molecule has 148 valence electrons. The Morgan fingerprint density at radius 2 is 1.90 bits per heavy atom. The second kappa shape index (κ2) is 6.70. The fourth-order valence-electron chi connectivity index (χ4n) is 3.36. The van der Waals surface area contributed by atoms with Crippen LogP contribution in [0.4, 0.5) is 10.3 Å². The predicted octanol–water partition coefficient (Wildman–Crippen LogP) is 4.28. The van der Waals surface area contributed by atoms with Crippen molar-refractivity contribution in [2.75, 3.05) is 5.32 Å². The highest BCUT2D eigenvalue weighted by Gasteiger charge is 2.14. The summed E-state index contributed by atoms with van der Waals surface area (Å²) in [6.45, 7) is 1.94. The number of aromatic nitrogens is 4. The third-order valence-electron chi connectivity index (χ3n) is 4.92. The minimum atomic E-state index is -0.690. The van der Waals surface area contributed by atoms with Crippen molar-refractivity contribution in [1.82, 2.24) is 19.4 Å². The predicted molar refractivity (Wildman–Crippen MR) is 111 cm³/mol. The van der Waals surface area contributed by atoms with Crippen molar-refractivity contribution in [2.45, 2.75) is 6.92 Å². The van der Waals surface area contributed by atoms with Crippen LogP contribution in [0.2, 0.25) is 0 Å². The summed E-state index contributed by atoms with van der Waals surface area (Å²) in [4.78, 5) is 24.4. The molecule has 0 aliphatic rings. The molecule has 3 heterocycles. The molecule has 0 aliphatic heterocycles. The Hall–Kier alpha value is -4.20. The molecule has 0 atom stereocenters. The lowest BCUT2D eigenvalue weighted by molar-refractivity contribution is 0.102. The number of nitrogens with zero attached hydrogens (tertiary/aromatic N) is 3. The van der Waals surface area contributed by atoms with Gasteiger partial charge in [0, 0.05) is 11.9 Å². The number of fused-ring (bicyclic) bond motifs is 2. The van der Waals surface area contributed by atoms with E-state index in [0.29, 0.717) is 16.7 Å². The van der Waals surface area contributed by atoms with Gasteiger partial charge in [0.15, 0.2) is 11.6 Å². The number of phenols is 1. The number of carbonyl (C=O) groups excluding carboxylic acids is 1. The summed E-state index contributed by atoms with van der Waals surface area (Å²) in [6.07, 6.45) is 1.68.